The zero-order valence-electron chi connectivity index (χ0n) is 9.50. The van der Waals surface area contributed by atoms with Crippen LogP contribution < -0.4 is 11.2 Å². The number of aromatic nitrogens is 2. The summed E-state index contributed by atoms with van der Waals surface area (Å²) < 4.78 is 1.65. The van der Waals surface area contributed by atoms with E-state index in [1.165, 1.54) is 6.07 Å². The molecule has 1 aromatic heterocycles. The lowest BCUT2D eigenvalue weighted by Crippen LogP contribution is -2.34. The molecule has 5 heteroatoms. The van der Waals surface area contributed by atoms with Gasteiger partial charge in [0, 0.05) is 24.9 Å². The Hall–Kier alpha value is -1.36. The molecule has 0 saturated heterocycles. The minimum absolute atomic E-state index is 0.201. The van der Waals surface area contributed by atoms with E-state index in [2.05, 4.69) is 4.98 Å². The highest BCUT2D eigenvalue weighted by Crippen LogP contribution is 2.56. The Morgan fingerprint density at radius 2 is 2.18 bits per heavy atom. The van der Waals surface area contributed by atoms with Crippen LogP contribution in [0.1, 0.15) is 25.3 Å². The van der Waals surface area contributed by atoms with Crippen LogP contribution >= 0.6 is 0 Å². The molecule has 2 aliphatic carbocycles. The van der Waals surface area contributed by atoms with E-state index >= 15 is 0 Å². The molecule has 2 N–H and O–H groups in total. The highest BCUT2D eigenvalue weighted by atomic mass is 16.3. The fourth-order valence-corrected chi connectivity index (χ4v) is 3.29. The van der Waals surface area contributed by atoms with Gasteiger partial charge in [0.25, 0.3) is 5.56 Å². The molecule has 0 radical (unpaired) electrons. The van der Waals surface area contributed by atoms with Crippen molar-refractivity contribution in [1.82, 2.24) is 9.55 Å². The Bertz CT molecular complexity index is 533. The molecule has 4 atom stereocenters. The number of aromatic amines is 1. The van der Waals surface area contributed by atoms with E-state index in [1.54, 1.807) is 10.8 Å². The van der Waals surface area contributed by atoms with Gasteiger partial charge >= 0.3 is 5.69 Å². The number of hydrogen-bond donors (Lipinski definition) is 2. The summed E-state index contributed by atoms with van der Waals surface area (Å²) in [4.78, 5) is 25.0. The fraction of sp³-hybridized carbons (Fsp3) is 0.667. The lowest BCUT2D eigenvalue weighted by atomic mass is 9.86. The van der Waals surface area contributed by atoms with Crippen LogP contribution in [0.25, 0.3) is 0 Å². The minimum atomic E-state index is -0.345. The number of nitrogens with one attached hydrogen (secondary N) is 1. The minimum Gasteiger partial charge on any atom is -0.396 e. The summed E-state index contributed by atoms with van der Waals surface area (Å²) in [6.45, 7) is 0.258. The van der Waals surface area contributed by atoms with Crippen LogP contribution in [-0.4, -0.2) is 21.3 Å². The summed E-state index contributed by atoms with van der Waals surface area (Å²) in [6.07, 6.45) is 4.58. The van der Waals surface area contributed by atoms with Gasteiger partial charge in [0.2, 0.25) is 0 Å². The van der Waals surface area contributed by atoms with Gasteiger partial charge in [-0.25, -0.2) is 4.79 Å². The number of aliphatic hydroxyl groups excluding tert-OH is 1. The molecule has 17 heavy (non-hydrogen) atoms. The fourth-order valence-electron chi connectivity index (χ4n) is 3.29. The van der Waals surface area contributed by atoms with Gasteiger partial charge in [-0.3, -0.25) is 14.3 Å². The molecule has 0 unspecified atom stereocenters. The van der Waals surface area contributed by atoms with Crippen molar-refractivity contribution in [3.8, 4) is 0 Å². The second kappa shape index (κ2) is 3.84. The van der Waals surface area contributed by atoms with E-state index < -0.39 is 0 Å². The molecule has 2 aliphatic rings. The Labute approximate surface area is 98.1 Å². The summed E-state index contributed by atoms with van der Waals surface area (Å²) in [6, 6.07) is 1.60. The third-order valence-electron chi connectivity index (χ3n) is 4.27. The molecule has 3 rings (SSSR count). The Morgan fingerprint density at radius 3 is 2.88 bits per heavy atom. The largest absolute Gasteiger partial charge is 0.396 e. The first-order valence-corrected chi connectivity index (χ1v) is 6.13. The average Bonchev–Trinajstić information content (AvgIpc) is 3.08. The summed E-state index contributed by atoms with van der Waals surface area (Å²) in [5.74, 6) is 1.48. The highest BCUT2D eigenvalue weighted by Gasteiger charge is 2.51. The maximum absolute atomic E-state index is 11.7. The van der Waals surface area contributed by atoms with E-state index in [4.69, 9.17) is 0 Å². The van der Waals surface area contributed by atoms with E-state index in [0.717, 1.165) is 19.3 Å². The normalized spacial score (nSPS) is 35.4. The molecular formula is C12H16N2O3. The molecule has 1 aromatic rings. The first-order chi connectivity index (χ1) is 8.20. The van der Waals surface area contributed by atoms with Gasteiger partial charge in [0.15, 0.2) is 0 Å². The van der Waals surface area contributed by atoms with Crippen molar-refractivity contribution in [2.45, 2.75) is 25.3 Å². The van der Waals surface area contributed by atoms with Crippen LogP contribution in [0.3, 0.4) is 0 Å². The van der Waals surface area contributed by atoms with Gasteiger partial charge < -0.3 is 5.11 Å². The molecule has 92 valence electrons. The average molecular weight is 236 g/mol. The second-order valence-electron chi connectivity index (χ2n) is 5.17. The van der Waals surface area contributed by atoms with Crippen molar-refractivity contribution in [2.24, 2.45) is 17.8 Å². The van der Waals surface area contributed by atoms with Crippen LogP contribution in [0.15, 0.2) is 21.9 Å². The van der Waals surface area contributed by atoms with E-state index in [0.29, 0.717) is 17.8 Å². The number of rotatable bonds is 2. The third-order valence-corrected chi connectivity index (χ3v) is 4.27. The van der Waals surface area contributed by atoms with Crippen molar-refractivity contribution >= 4 is 0 Å². The Kier molecular flexibility index (Phi) is 2.43. The van der Waals surface area contributed by atoms with Crippen LogP contribution in [-0.2, 0) is 0 Å². The van der Waals surface area contributed by atoms with Crippen LogP contribution in [0.5, 0.6) is 0 Å². The number of aliphatic hydroxyl groups is 1. The molecule has 0 aromatic carbocycles. The zero-order valence-corrected chi connectivity index (χ0v) is 9.50. The number of hydrogen-bond acceptors (Lipinski definition) is 3. The number of fused-ring (bicyclic) bond motifs is 1. The molecule has 2 saturated carbocycles. The van der Waals surface area contributed by atoms with Crippen molar-refractivity contribution in [3.63, 3.8) is 0 Å². The van der Waals surface area contributed by atoms with Gasteiger partial charge in [-0.2, -0.15) is 0 Å². The van der Waals surface area contributed by atoms with Gasteiger partial charge in [0.05, 0.1) is 0 Å². The van der Waals surface area contributed by atoms with Crippen molar-refractivity contribution in [3.05, 3.63) is 33.1 Å². The number of nitrogens with zero attached hydrogens (tertiary/aromatic N) is 1. The third kappa shape index (κ3) is 1.74. The predicted octanol–water partition coefficient (Wildman–Crippen LogP) is 0.116. The van der Waals surface area contributed by atoms with E-state index in [9.17, 15) is 14.7 Å². The molecule has 0 spiro atoms. The number of H-pyrrole nitrogens is 1. The Balaban J connectivity index is 1.87. The molecular weight excluding hydrogens is 220 g/mol. The molecule has 0 amide bonds. The van der Waals surface area contributed by atoms with E-state index in [1.807, 2.05) is 0 Å². The lowest BCUT2D eigenvalue weighted by molar-refractivity contribution is 0.157. The maximum atomic E-state index is 11.7. The highest BCUT2D eigenvalue weighted by molar-refractivity contribution is 5.02. The lowest BCUT2D eigenvalue weighted by Gasteiger charge is -2.27. The first kappa shape index (κ1) is 10.8. The topological polar surface area (TPSA) is 75.1 Å². The molecule has 2 fully saturated rings. The maximum Gasteiger partial charge on any atom is 0.328 e. The van der Waals surface area contributed by atoms with Crippen molar-refractivity contribution in [1.29, 1.82) is 0 Å². The van der Waals surface area contributed by atoms with Crippen LogP contribution in [0.4, 0.5) is 0 Å². The summed E-state index contributed by atoms with van der Waals surface area (Å²) in [5.41, 5.74) is -0.654. The van der Waals surface area contributed by atoms with Crippen LogP contribution in [0, 0.1) is 17.8 Å². The van der Waals surface area contributed by atoms with Gasteiger partial charge in [-0.1, -0.05) is 0 Å². The predicted molar refractivity (Wildman–Crippen MR) is 61.8 cm³/mol. The summed E-state index contributed by atoms with van der Waals surface area (Å²) in [5, 5.41) is 9.22. The molecule has 0 bridgehead atoms. The smallest absolute Gasteiger partial charge is 0.328 e. The monoisotopic (exact) mass is 236 g/mol. The first-order valence-electron chi connectivity index (χ1n) is 6.13. The van der Waals surface area contributed by atoms with Gasteiger partial charge in [-0.15, -0.1) is 0 Å². The molecule has 5 nitrogen and oxygen atoms in total. The molecule has 0 aliphatic heterocycles. The second-order valence-corrected chi connectivity index (χ2v) is 5.17. The van der Waals surface area contributed by atoms with Crippen molar-refractivity contribution < 1.29 is 5.11 Å². The quantitative estimate of drug-likeness (QED) is 0.765. The van der Waals surface area contributed by atoms with Crippen LogP contribution in [0.2, 0.25) is 0 Å². The molecule has 1 heterocycles. The zero-order chi connectivity index (χ0) is 12.0. The summed E-state index contributed by atoms with van der Waals surface area (Å²) >= 11 is 0. The Morgan fingerprint density at radius 1 is 1.35 bits per heavy atom. The summed E-state index contributed by atoms with van der Waals surface area (Å²) in [7, 11) is 0. The SMILES string of the molecule is O=c1ccn([C@H]2CC[C@@H](CO)[C@@H]3C[C@@H]32)c(=O)[nH]1. The van der Waals surface area contributed by atoms with E-state index in [-0.39, 0.29) is 23.9 Å². The van der Waals surface area contributed by atoms with Gasteiger partial charge in [-0.05, 0) is 37.0 Å². The standard InChI is InChI=1S/C12H16N2O3/c15-6-7-1-2-10(9-5-8(7)9)14-4-3-11(16)13-12(14)17/h3-4,7-10,15H,1-2,5-6H2,(H,13,16,17)/t7-,8-,9-,10-/m0/s1. The van der Waals surface area contributed by atoms with Crippen molar-refractivity contribution in [2.75, 3.05) is 6.61 Å². The van der Waals surface area contributed by atoms with Gasteiger partial charge in [0.1, 0.15) is 0 Å².